The lowest BCUT2D eigenvalue weighted by molar-refractivity contribution is 0.185. The topological polar surface area (TPSA) is 55.4 Å². The Balaban J connectivity index is 2.65. The third-order valence-corrected chi connectivity index (χ3v) is 5.25. The van der Waals surface area contributed by atoms with Crippen LogP contribution in [0.3, 0.4) is 0 Å². The van der Waals surface area contributed by atoms with Gasteiger partial charge in [0.1, 0.15) is 0 Å². The van der Waals surface area contributed by atoms with E-state index in [-0.39, 0.29) is 11.5 Å². The van der Waals surface area contributed by atoms with Gasteiger partial charge >= 0.3 is 0 Å². The minimum atomic E-state index is -2.94. The van der Waals surface area contributed by atoms with E-state index < -0.39 is 9.84 Å². The molecule has 0 atom stereocenters. The Hall–Kier alpha value is -0.590. The molecule has 0 aliphatic carbocycles. The molecule has 0 saturated carbocycles. The number of ether oxygens (including phenoxy) is 1. The minimum Gasteiger partial charge on any atom is -0.384 e. The lowest BCUT2D eigenvalue weighted by Crippen LogP contribution is -2.18. The molecule has 0 aliphatic heterocycles. The second-order valence-electron chi connectivity index (χ2n) is 4.28. The highest BCUT2D eigenvalue weighted by Gasteiger charge is 2.10. The van der Waals surface area contributed by atoms with Gasteiger partial charge < -0.3 is 10.1 Å². The van der Waals surface area contributed by atoms with Crippen molar-refractivity contribution in [1.82, 2.24) is 0 Å². The summed E-state index contributed by atoms with van der Waals surface area (Å²) < 4.78 is 29.4. The number of anilines is 1. The van der Waals surface area contributed by atoms with Crippen LogP contribution in [0.4, 0.5) is 5.69 Å². The summed E-state index contributed by atoms with van der Waals surface area (Å²) in [6.45, 7) is 2.76. The van der Waals surface area contributed by atoms with Gasteiger partial charge in [0.2, 0.25) is 0 Å². The highest BCUT2D eigenvalue weighted by atomic mass is 79.9. The normalized spacial score (nSPS) is 11.5. The molecular weight excluding hydrogens is 330 g/mol. The van der Waals surface area contributed by atoms with E-state index in [2.05, 4.69) is 21.2 Å². The van der Waals surface area contributed by atoms with Gasteiger partial charge in [-0.2, -0.15) is 0 Å². The van der Waals surface area contributed by atoms with Gasteiger partial charge in [0.05, 0.1) is 12.4 Å². The predicted octanol–water partition coefficient (Wildman–Crippen LogP) is 2.83. The highest BCUT2D eigenvalue weighted by molar-refractivity contribution is 9.10. The van der Waals surface area contributed by atoms with Crippen molar-refractivity contribution in [3.63, 3.8) is 0 Å². The van der Waals surface area contributed by atoms with E-state index in [0.717, 1.165) is 15.7 Å². The maximum Gasteiger partial charge on any atom is 0.152 e. The van der Waals surface area contributed by atoms with E-state index in [9.17, 15) is 8.42 Å². The number of benzene rings is 1. The quantitative estimate of drug-likeness (QED) is 0.783. The fourth-order valence-corrected chi connectivity index (χ4v) is 3.49. The van der Waals surface area contributed by atoms with Crippen LogP contribution in [-0.2, 0) is 21.2 Å². The Kier molecular flexibility index (Phi) is 6.82. The van der Waals surface area contributed by atoms with E-state index in [1.54, 1.807) is 7.11 Å². The molecule has 0 amide bonds. The Labute approximate surface area is 123 Å². The third kappa shape index (κ3) is 5.50. The van der Waals surface area contributed by atoms with Crippen LogP contribution in [0.15, 0.2) is 22.7 Å². The summed E-state index contributed by atoms with van der Waals surface area (Å²) in [5, 5.41) is 3.16. The van der Waals surface area contributed by atoms with Crippen molar-refractivity contribution in [2.75, 3.05) is 30.5 Å². The first-order valence-corrected chi connectivity index (χ1v) is 8.82. The molecule has 0 aliphatic rings. The van der Waals surface area contributed by atoms with E-state index in [1.165, 1.54) is 0 Å². The second-order valence-corrected chi connectivity index (χ2v) is 7.44. The monoisotopic (exact) mass is 349 g/mol. The zero-order valence-electron chi connectivity index (χ0n) is 11.3. The Bertz CT molecular complexity index is 503. The van der Waals surface area contributed by atoms with E-state index in [1.807, 2.05) is 25.1 Å². The zero-order chi connectivity index (χ0) is 14.3. The van der Waals surface area contributed by atoms with Crippen LogP contribution in [0.2, 0.25) is 0 Å². The molecule has 0 spiro atoms. The van der Waals surface area contributed by atoms with Gasteiger partial charge in [-0.05, 0) is 18.6 Å². The van der Waals surface area contributed by atoms with Crippen LogP contribution in [0.25, 0.3) is 0 Å². The molecule has 1 rings (SSSR count). The third-order valence-electron chi connectivity index (χ3n) is 2.65. The Morgan fingerprint density at radius 3 is 2.68 bits per heavy atom. The van der Waals surface area contributed by atoms with Gasteiger partial charge in [0, 0.05) is 35.1 Å². The molecular formula is C13H20BrNO3S. The van der Waals surface area contributed by atoms with Crippen molar-refractivity contribution in [3.8, 4) is 0 Å². The van der Waals surface area contributed by atoms with Crippen LogP contribution >= 0.6 is 15.9 Å². The van der Waals surface area contributed by atoms with Gasteiger partial charge in [0.25, 0.3) is 0 Å². The standard InChI is InChI=1S/C13H20BrNO3S/c1-3-8-19(16,17)9-7-15-13-6-4-5-12(14)11(13)10-18-2/h4-6,15H,3,7-10H2,1-2H3. The Morgan fingerprint density at radius 1 is 1.32 bits per heavy atom. The summed E-state index contributed by atoms with van der Waals surface area (Å²) in [7, 11) is -1.31. The molecule has 108 valence electrons. The average molecular weight is 350 g/mol. The highest BCUT2D eigenvalue weighted by Crippen LogP contribution is 2.25. The summed E-state index contributed by atoms with van der Waals surface area (Å²) >= 11 is 3.47. The molecule has 0 saturated heterocycles. The minimum absolute atomic E-state index is 0.153. The number of hydrogen-bond acceptors (Lipinski definition) is 4. The van der Waals surface area contributed by atoms with Crippen LogP contribution < -0.4 is 5.32 Å². The number of halogens is 1. The van der Waals surface area contributed by atoms with Crippen LogP contribution in [0, 0.1) is 0 Å². The molecule has 0 heterocycles. The lowest BCUT2D eigenvalue weighted by Gasteiger charge is -2.13. The summed E-state index contributed by atoms with van der Waals surface area (Å²) in [5.41, 5.74) is 1.90. The summed E-state index contributed by atoms with van der Waals surface area (Å²) in [6.07, 6.45) is 0.661. The first kappa shape index (κ1) is 16.5. The van der Waals surface area contributed by atoms with Gasteiger partial charge in [-0.1, -0.05) is 28.9 Å². The maximum absolute atomic E-state index is 11.6. The van der Waals surface area contributed by atoms with Crippen molar-refractivity contribution in [1.29, 1.82) is 0 Å². The summed E-state index contributed by atoms with van der Waals surface area (Å²) in [6, 6.07) is 5.77. The molecule has 1 aromatic rings. The van der Waals surface area contributed by atoms with Crippen molar-refractivity contribution in [3.05, 3.63) is 28.2 Å². The lowest BCUT2D eigenvalue weighted by atomic mass is 10.2. The first-order valence-electron chi connectivity index (χ1n) is 6.20. The first-order chi connectivity index (χ1) is 9.00. The molecule has 1 N–H and O–H groups in total. The molecule has 0 aromatic heterocycles. The molecule has 4 nitrogen and oxygen atoms in total. The van der Waals surface area contributed by atoms with Crippen LogP contribution in [0.1, 0.15) is 18.9 Å². The van der Waals surface area contributed by atoms with Crippen LogP contribution in [0.5, 0.6) is 0 Å². The largest absolute Gasteiger partial charge is 0.384 e. The Morgan fingerprint density at radius 2 is 2.05 bits per heavy atom. The smallest absolute Gasteiger partial charge is 0.152 e. The molecule has 0 unspecified atom stereocenters. The van der Waals surface area contributed by atoms with E-state index in [0.29, 0.717) is 19.6 Å². The number of sulfone groups is 1. The molecule has 0 radical (unpaired) electrons. The SMILES string of the molecule is CCCS(=O)(=O)CCNc1cccc(Br)c1COC. The number of methoxy groups -OCH3 is 1. The van der Waals surface area contributed by atoms with Gasteiger partial charge in [-0.15, -0.1) is 0 Å². The predicted molar refractivity (Wildman–Crippen MR) is 82.3 cm³/mol. The van der Waals surface area contributed by atoms with E-state index >= 15 is 0 Å². The second kappa shape index (κ2) is 7.87. The number of rotatable bonds is 8. The number of hydrogen-bond donors (Lipinski definition) is 1. The average Bonchev–Trinajstić information content (AvgIpc) is 2.33. The zero-order valence-corrected chi connectivity index (χ0v) is 13.7. The van der Waals surface area contributed by atoms with Crippen molar-refractivity contribution in [2.24, 2.45) is 0 Å². The van der Waals surface area contributed by atoms with Gasteiger partial charge in [-0.3, -0.25) is 0 Å². The molecule has 1 aromatic carbocycles. The molecule has 19 heavy (non-hydrogen) atoms. The van der Waals surface area contributed by atoms with Gasteiger partial charge in [0.15, 0.2) is 9.84 Å². The van der Waals surface area contributed by atoms with E-state index in [4.69, 9.17) is 4.74 Å². The molecule has 6 heteroatoms. The van der Waals surface area contributed by atoms with Crippen molar-refractivity contribution in [2.45, 2.75) is 20.0 Å². The fraction of sp³-hybridized carbons (Fsp3) is 0.538. The summed E-state index contributed by atoms with van der Waals surface area (Å²) in [4.78, 5) is 0. The molecule has 0 fully saturated rings. The van der Waals surface area contributed by atoms with Crippen LogP contribution in [-0.4, -0.2) is 33.6 Å². The summed E-state index contributed by atoms with van der Waals surface area (Å²) in [5.74, 6) is 0.401. The van der Waals surface area contributed by atoms with Crippen molar-refractivity contribution < 1.29 is 13.2 Å². The fourth-order valence-electron chi connectivity index (χ4n) is 1.77. The van der Waals surface area contributed by atoms with Crippen molar-refractivity contribution >= 4 is 31.5 Å². The van der Waals surface area contributed by atoms with Gasteiger partial charge in [-0.25, -0.2) is 8.42 Å². The maximum atomic E-state index is 11.6. The number of nitrogens with one attached hydrogen (secondary N) is 1. The molecule has 0 bridgehead atoms.